The van der Waals surface area contributed by atoms with Gasteiger partial charge in [0.15, 0.2) is 0 Å². The second-order valence-electron chi connectivity index (χ2n) is 9.26. The molecule has 2 aromatic carbocycles. The zero-order chi connectivity index (χ0) is 21.5. The van der Waals surface area contributed by atoms with Gasteiger partial charge in [0.05, 0.1) is 0 Å². The van der Waals surface area contributed by atoms with Crippen LogP contribution in [0.25, 0.3) is 6.08 Å². The average Bonchev–Trinajstić information content (AvgIpc) is 2.74. The van der Waals surface area contributed by atoms with Gasteiger partial charge in [-0.05, 0) is 0 Å². The van der Waals surface area contributed by atoms with Crippen LogP contribution in [0, 0.1) is 10.3 Å². The molecule has 0 saturated heterocycles. The van der Waals surface area contributed by atoms with E-state index in [4.69, 9.17) is 0 Å². The zero-order valence-electron chi connectivity index (χ0n) is 19.5. The van der Waals surface area contributed by atoms with Crippen molar-refractivity contribution in [1.29, 1.82) is 0 Å². The van der Waals surface area contributed by atoms with Gasteiger partial charge in [0.2, 0.25) is 0 Å². The van der Waals surface area contributed by atoms with Crippen molar-refractivity contribution >= 4 is 45.9 Å². The van der Waals surface area contributed by atoms with Crippen LogP contribution in [0.15, 0.2) is 60.3 Å². The summed E-state index contributed by atoms with van der Waals surface area (Å²) in [5.74, 6) is 0. The summed E-state index contributed by atoms with van der Waals surface area (Å²) < 4.78 is 3.90. The number of rotatable bonds is 7. The molecule has 154 valence electrons. The van der Waals surface area contributed by atoms with Crippen LogP contribution in [-0.4, -0.2) is 29.4 Å². The molecule has 0 nitrogen and oxygen atoms in total. The Morgan fingerprint density at radius 2 is 1.28 bits per heavy atom. The van der Waals surface area contributed by atoms with Gasteiger partial charge < -0.3 is 0 Å². The van der Waals surface area contributed by atoms with Gasteiger partial charge in [0.1, 0.15) is 0 Å². The van der Waals surface area contributed by atoms with Gasteiger partial charge in [-0.15, -0.1) is 0 Å². The molecule has 0 N–H and O–H groups in total. The Bertz CT molecular complexity index is 856. The standard InChI is InChI=1S/C26H38GeSi2/c1-8-27(9-2,10-3)21-23-29(6,7)26-18-16-25(17-19-26)28(4,5)22-20-24-14-12-11-13-15-24/h11-20,22H,8-10H2,1-7H3. The topological polar surface area (TPSA) is 0 Å². The minimum absolute atomic E-state index is 1.28. The summed E-state index contributed by atoms with van der Waals surface area (Å²) in [5.41, 5.74) is 7.58. The Balaban J connectivity index is 2.23. The third-order valence-corrected chi connectivity index (χ3v) is 22.3. The molecule has 0 unspecified atom stereocenters. The van der Waals surface area contributed by atoms with Crippen LogP contribution in [0.4, 0.5) is 0 Å². The summed E-state index contributed by atoms with van der Waals surface area (Å²) in [6.45, 7) is 16.8. The van der Waals surface area contributed by atoms with E-state index in [9.17, 15) is 0 Å². The fraction of sp³-hybridized carbons (Fsp3) is 0.385. The average molecular weight is 479 g/mol. The molecule has 0 aliphatic heterocycles. The minimum atomic E-state index is -1.92. The van der Waals surface area contributed by atoms with Gasteiger partial charge in [0, 0.05) is 0 Å². The first-order valence-corrected chi connectivity index (χ1v) is 22.7. The molecule has 0 heterocycles. The molecule has 0 aromatic heterocycles. The van der Waals surface area contributed by atoms with Gasteiger partial charge in [-0.2, -0.15) is 0 Å². The van der Waals surface area contributed by atoms with Crippen LogP contribution >= 0.6 is 0 Å². The molecule has 0 aliphatic carbocycles. The van der Waals surface area contributed by atoms with Crippen LogP contribution in [-0.2, 0) is 0 Å². The van der Waals surface area contributed by atoms with Crippen LogP contribution in [0.3, 0.4) is 0 Å². The first-order chi connectivity index (χ1) is 13.7. The molecule has 0 amide bonds. The van der Waals surface area contributed by atoms with Crippen molar-refractivity contribution in [3.8, 4) is 10.3 Å². The zero-order valence-corrected chi connectivity index (χ0v) is 23.6. The first kappa shape index (κ1) is 24.0. The maximum absolute atomic E-state index is 3.90. The summed E-state index contributed by atoms with van der Waals surface area (Å²) in [6.07, 6.45) is 2.29. The maximum atomic E-state index is 3.90. The van der Waals surface area contributed by atoms with E-state index in [0.29, 0.717) is 0 Å². The molecule has 0 fully saturated rings. The molecule has 29 heavy (non-hydrogen) atoms. The monoisotopic (exact) mass is 480 g/mol. The first-order valence-electron chi connectivity index (χ1n) is 11.1. The van der Waals surface area contributed by atoms with Gasteiger partial charge in [-0.25, -0.2) is 0 Å². The molecule has 2 aromatic rings. The van der Waals surface area contributed by atoms with Crippen LogP contribution < -0.4 is 10.4 Å². The van der Waals surface area contributed by atoms with Crippen molar-refractivity contribution in [3.05, 3.63) is 65.9 Å². The van der Waals surface area contributed by atoms with Crippen LogP contribution in [0.2, 0.25) is 41.9 Å². The van der Waals surface area contributed by atoms with Crippen molar-refractivity contribution in [2.45, 2.75) is 62.7 Å². The van der Waals surface area contributed by atoms with Gasteiger partial charge in [-0.3, -0.25) is 0 Å². The third-order valence-electron chi connectivity index (χ3n) is 6.51. The molecular formula is C26H38GeSi2. The quantitative estimate of drug-likeness (QED) is 0.320. The van der Waals surface area contributed by atoms with E-state index in [1.54, 1.807) is 0 Å². The summed E-state index contributed by atoms with van der Waals surface area (Å²) in [4.78, 5) is 0. The van der Waals surface area contributed by atoms with E-state index < -0.39 is 29.4 Å². The van der Waals surface area contributed by atoms with E-state index in [2.05, 4.69) is 124 Å². The molecule has 0 atom stereocenters. The van der Waals surface area contributed by atoms with E-state index >= 15 is 0 Å². The number of hydrogen-bond acceptors (Lipinski definition) is 0. The Labute approximate surface area is 184 Å². The summed E-state index contributed by atoms with van der Waals surface area (Å²) >= 11 is -1.92. The van der Waals surface area contributed by atoms with Gasteiger partial charge >= 0.3 is 167 Å². The van der Waals surface area contributed by atoms with E-state index in [-0.39, 0.29) is 0 Å². The SMILES string of the molecule is C[CH2][Ge]([C]#C[Si](C)(C)c1ccc([Si](C)(C)C=Cc2ccccc2)cc1)([CH2]C)[CH2]C. The Hall–Kier alpha value is -1.28. The van der Waals surface area contributed by atoms with Crippen molar-refractivity contribution in [3.63, 3.8) is 0 Å². The molecular weight excluding hydrogens is 441 g/mol. The summed E-state index contributed by atoms with van der Waals surface area (Å²) in [5, 5.41) is 6.96. The summed E-state index contributed by atoms with van der Waals surface area (Å²) in [6, 6.07) is 20.1. The Kier molecular flexibility index (Phi) is 8.40. The van der Waals surface area contributed by atoms with Crippen molar-refractivity contribution in [1.82, 2.24) is 0 Å². The van der Waals surface area contributed by atoms with E-state index in [1.165, 1.54) is 31.7 Å². The fourth-order valence-corrected chi connectivity index (χ4v) is 15.1. The van der Waals surface area contributed by atoms with E-state index in [1.807, 2.05) is 0 Å². The normalized spacial score (nSPS) is 12.7. The molecule has 0 saturated carbocycles. The molecule has 3 heteroatoms. The molecule has 0 spiro atoms. The van der Waals surface area contributed by atoms with E-state index in [0.717, 1.165) is 0 Å². The number of hydrogen-bond donors (Lipinski definition) is 0. The number of benzene rings is 2. The van der Waals surface area contributed by atoms with Crippen molar-refractivity contribution in [2.75, 3.05) is 0 Å². The van der Waals surface area contributed by atoms with Crippen molar-refractivity contribution in [2.24, 2.45) is 0 Å². The van der Waals surface area contributed by atoms with Crippen LogP contribution in [0.5, 0.6) is 0 Å². The third kappa shape index (κ3) is 6.35. The second-order valence-corrected chi connectivity index (χ2v) is 28.0. The second kappa shape index (κ2) is 10.2. The molecule has 0 radical (unpaired) electrons. The molecule has 2 rings (SSSR count). The van der Waals surface area contributed by atoms with Crippen molar-refractivity contribution < 1.29 is 0 Å². The molecule has 0 bridgehead atoms. The molecule has 0 aliphatic rings. The fourth-order valence-electron chi connectivity index (χ4n) is 3.66. The Morgan fingerprint density at radius 3 is 1.79 bits per heavy atom. The van der Waals surface area contributed by atoms with Crippen LogP contribution in [0.1, 0.15) is 26.3 Å². The Morgan fingerprint density at radius 1 is 0.759 bits per heavy atom. The van der Waals surface area contributed by atoms with Gasteiger partial charge in [-0.1, -0.05) is 18.2 Å². The predicted molar refractivity (Wildman–Crippen MR) is 141 cm³/mol. The summed E-state index contributed by atoms with van der Waals surface area (Å²) in [7, 11) is -3.31. The predicted octanol–water partition coefficient (Wildman–Crippen LogP) is 6.36. The van der Waals surface area contributed by atoms with Gasteiger partial charge in [0.25, 0.3) is 0 Å².